The Morgan fingerprint density at radius 2 is 2.00 bits per heavy atom. The smallest absolute Gasteiger partial charge is 0.162 e. The van der Waals surface area contributed by atoms with Crippen LogP contribution in [0.3, 0.4) is 0 Å². The fourth-order valence-corrected chi connectivity index (χ4v) is 1.56. The molecule has 0 heterocycles. The van der Waals surface area contributed by atoms with E-state index in [4.69, 9.17) is 5.73 Å². The molecule has 0 aliphatic heterocycles. The van der Waals surface area contributed by atoms with E-state index in [-0.39, 0.29) is 0 Å². The van der Waals surface area contributed by atoms with Crippen LogP contribution in [0.15, 0.2) is 16.6 Å². The Morgan fingerprint density at radius 3 is 2.62 bits per heavy atom. The molecule has 1 aromatic rings. The summed E-state index contributed by atoms with van der Waals surface area (Å²) >= 11 is 3.10. The maximum Gasteiger partial charge on any atom is 0.162 e. The summed E-state index contributed by atoms with van der Waals surface area (Å²) in [5.74, 6) is -1.59. The van der Waals surface area contributed by atoms with E-state index in [0.29, 0.717) is 29.4 Å². The topological polar surface area (TPSA) is 26.0 Å². The number of rotatable bonds is 3. The lowest BCUT2D eigenvalue weighted by Gasteiger charge is -2.03. The molecule has 72 valence electrons. The van der Waals surface area contributed by atoms with Crippen LogP contribution < -0.4 is 5.73 Å². The van der Waals surface area contributed by atoms with Gasteiger partial charge in [0.05, 0.1) is 0 Å². The monoisotopic (exact) mass is 249 g/mol. The first-order valence-corrected chi connectivity index (χ1v) is 4.78. The second-order valence-corrected chi connectivity index (χ2v) is 3.67. The summed E-state index contributed by atoms with van der Waals surface area (Å²) in [5.41, 5.74) is 5.65. The molecular weight excluding hydrogens is 240 g/mol. The molecule has 2 N–H and O–H groups in total. The molecule has 0 saturated heterocycles. The standard InChI is InChI=1S/C9H10BrF2N/c10-7-4-6(2-1-3-13)9(12)8(11)5-7/h4-5H,1-3,13H2. The van der Waals surface area contributed by atoms with Crippen LogP contribution in [0.25, 0.3) is 0 Å². The van der Waals surface area contributed by atoms with Gasteiger partial charge in [-0.2, -0.15) is 0 Å². The SMILES string of the molecule is NCCCc1cc(Br)cc(F)c1F. The first kappa shape index (κ1) is 10.6. The number of halogens is 3. The Balaban J connectivity index is 2.92. The van der Waals surface area contributed by atoms with E-state index in [1.54, 1.807) is 6.07 Å². The predicted molar refractivity (Wildman–Crippen MR) is 51.4 cm³/mol. The molecule has 0 aromatic heterocycles. The third-order valence-electron chi connectivity index (χ3n) is 1.72. The van der Waals surface area contributed by atoms with Crippen molar-refractivity contribution < 1.29 is 8.78 Å². The maximum absolute atomic E-state index is 13.1. The van der Waals surface area contributed by atoms with Crippen LogP contribution in [-0.4, -0.2) is 6.54 Å². The zero-order valence-electron chi connectivity index (χ0n) is 6.99. The Morgan fingerprint density at radius 1 is 1.31 bits per heavy atom. The lowest BCUT2D eigenvalue weighted by molar-refractivity contribution is 0.496. The van der Waals surface area contributed by atoms with Gasteiger partial charge in [-0.15, -0.1) is 0 Å². The predicted octanol–water partition coefficient (Wildman–Crippen LogP) is 2.62. The molecule has 0 atom stereocenters. The van der Waals surface area contributed by atoms with Gasteiger partial charge in [-0.05, 0) is 37.1 Å². The Labute approximate surface area is 84.1 Å². The Hall–Kier alpha value is -0.480. The summed E-state index contributed by atoms with van der Waals surface area (Å²) in [5, 5.41) is 0. The summed E-state index contributed by atoms with van der Waals surface area (Å²) in [6.45, 7) is 0.480. The van der Waals surface area contributed by atoms with Crippen molar-refractivity contribution in [2.45, 2.75) is 12.8 Å². The summed E-state index contributed by atoms with van der Waals surface area (Å²) in [4.78, 5) is 0. The minimum Gasteiger partial charge on any atom is -0.330 e. The Kier molecular flexibility index (Phi) is 3.81. The lowest BCUT2D eigenvalue weighted by atomic mass is 10.1. The number of aryl methyl sites for hydroxylation is 1. The molecule has 0 radical (unpaired) electrons. The number of benzene rings is 1. The fraction of sp³-hybridized carbons (Fsp3) is 0.333. The molecular formula is C9H10BrF2N. The number of nitrogens with two attached hydrogens (primary N) is 1. The van der Waals surface area contributed by atoms with Crippen LogP contribution in [0.5, 0.6) is 0 Å². The van der Waals surface area contributed by atoms with Gasteiger partial charge < -0.3 is 5.73 Å². The second kappa shape index (κ2) is 4.67. The summed E-state index contributed by atoms with van der Waals surface area (Å²) in [6, 6.07) is 2.69. The number of hydrogen-bond donors (Lipinski definition) is 1. The second-order valence-electron chi connectivity index (χ2n) is 2.75. The average Bonchev–Trinajstić information content (AvgIpc) is 2.09. The van der Waals surface area contributed by atoms with E-state index in [2.05, 4.69) is 15.9 Å². The molecule has 0 spiro atoms. The van der Waals surface area contributed by atoms with Gasteiger partial charge in [0.2, 0.25) is 0 Å². The summed E-state index contributed by atoms with van der Waals surface area (Å²) < 4.78 is 26.5. The van der Waals surface area contributed by atoms with E-state index < -0.39 is 11.6 Å². The van der Waals surface area contributed by atoms with Crippen LogP contribution in [-0.2, 0) is 6.42 Å². The maximum atomic E-state index is 13.1. The highest BCUT2D eigenvalue weighted by Crippen LogP contribution is 2.20. The molecule has 1 aromatic carbocycles. The van der Waals surface area contributed by atoms with Crippen LogP contribution in [0.2, 0.25) is 0 Å². The molecule has 0 amide bonds. The minimum absolute atomic E-state index is 0.373. The summed E-state index contributed by atoms with van der Waals surface area (Å²) in [7, 11) is 0. The minimum atomic E-state index is -0.818. The van der Waals surface area contributed by atoms with Crippen molar-refractivity contribution in [1.29, 1.82) is 0 Å². The third kappa shape index (κ3) is 2.74. The van der Waals surface area contributed by atoms with Crippen molar-refractivity contribution in [3.63, 3.8) is 0 Å². The normalized spacial score (nSPS) is 10.5. The largest absolute Gasteiger partial charge is 0.330 e. The van der Waals surface area contributed by atoms with Crippen LogP contribution >= 0.6 is 15.9 Å². The number of hydrogen-bond acceptors (Lipinski definition) is 1. The first-order chi connectivity index (χ1) is 6.15. The van der Waals surface area contributed by atoms with Gasteiger partial charge in [0.1, 0.15) is 0 Å². The van der Waals surface area contributed by atoms with Gasteiger partial charge in [-0.25, -0.2) is 8.78 Å². The average molecular weight is 250 g/mol. The zero-order chi connectivity index (χ0) is 9.84. The van der Waals surface area contributed by atoms with Crippen molar-refractivity contribution in [2.24, 2.45) is 5.73 Å². The van der Waals surface area contributed by atoms with Crippen molar-refractivity contribution >= 4 is 15.9 Å². The van der Waals surface area contributed by atoms with Crippen LogP contribution in [0, 0.1) is 11.6 Å². The van der Waals surface area contributed by atoms with Crippen LogP contribution in [0.4, 0.5) is 8.78 Å². The van der Waals surface area contributed by atoms with Crippen LogP contribution in [0.1, 0.15) is 12.0 Å². The Bertz CT molecular complexity index is 302. The van der Waals surface area contributed by atoms with E-state index in [1.165, 1.54) is 0 Å². The molecule has 0 fully saturated rings. The molecule has 0 aliphatic carbocycles. The van der Waals surface area contributed by atoms with Gasteiger partial charge in [0.15, 0.2) is 11.6 Å². The fourth-order valence-electron chi connectivity index (χ4n) is 1.08. The van der Waals surface area contributed by atoms with Crippen molar-refractivity contribution in [1.82, 2.24) is 0 Å². The van der Waals surface area contributed by atoms with Gasteiger partial charge in [-0.3, -0.25) is 0 Å². The molecule has 1 rings (SSSR count). The van der Waals surface area contributed by atoms with E-state index >= 15 is 0 Å². The molecule has 1 nitrogen and oxygen atoms in total. The van der Waals surface area contributed by atoms with Gasteiger partial charge >= 0.3 is 0 Å². The first-order valence-electron chi connectivity index (χ1n) is 3.98. The molecule has 0 aliphatic rings. The molecule has 0 saturated carbocycles. The third-order valence-corrected chi connectivity index (χ3v) is 2.18. The van der Waals surface area contributed by atoms with E-state index in [0.717, 1.165) is 6.07 Å². The summed E-state index contributed by atoms with van der Waals surface area (Å²) in [6.07, 6.45) is 1.13. The van der Waals surface area contributed by atoms with Gasteiger partial charge in [-0.1, -0.05) is 15.9 Å². The lowest BCUT2D eigenvalue weighted by Crippen LogP contribution is -2.02. The zero-order valence-corrected chi connectivity index (χ0v) is 8.57. The van der Waals surface area contributed by atoms with Crippen molar-refractivity contribution in [3.05, 3.63) is 33.8 Å². The molecule has 0 bridgehead atoms. The van der Waals surface area contributed by atoms with Gasteiger partial charge in [0.25, 0.3) is 0 Å². The van der Waals surface area contributed by atoms with Crippen molar-refractivity contribution in [2.75, 3.05) is 6.54 Å². The van der Waals surface area contributed by atoms with E-state index in [9.17, 15) is 8.78 Å². The molecule has 4 heteroatoms. The molecule has 13 heavy (non-hydrogen) atoms. The van der Waals surface area contributed by atoms with Crippen molar-refractivity contribution in [3.8, 4) is 0 Å². The van der Waals surface area contributed by atoms with E-state index in [1.807, 2.05) is 0 Å². The van der Waals surface area contributed by atoms with Gasteiger partial charge in [0, 0.05) is 4.47 Å². The quantitative estimate of drug-likeness (QED) is 0.820. The highest BCUT2D eigenvalue weighted by Gasteiger charge is 2.08. The highest BCUT2D eigenvalue weighted by molar-refractivity contribution is 9.10. The molecule has 0 unspecified atom stereocenters. The highest BCUT2D eigenvalue weighted by atomic mass is 79.9.